The number of ether oxygens (including phenoxy) is 3. The van der Waals surface area contributed by atoms with E-state index >= 15 is 0 Å². The third-order valence-corrected chi connectivity index (χ3v) is 3.73. The third-order valence-electron chi connectivity index (χ3n) is 3.73. The molecule has 0 bridgehead atoms. The number of rotatable bonds is 4. The number of methoxy groups -OCH3 is 3. The molecule has 7 heteroatoms. The van der Waals surface area contributed by atoms with Crippen LogP contribution in [-0.2, 0) is 0 Å². The number of hydrogen-bond acceptors (Lipinski definition) is 4. The topological polar surface area (TPSA) is 72.4 Å². The molecule has 0 saturated carbocycles. The first kappa shape index (κ1) is 16.9. The number of amides is 2. The molecule has 1 heterocycles. The van der Waals surface area contributed by atoms with Gasteiger partial charge in [-0.2, -0.15) is 4.99 Å². The number of urea groups is 1. The van der Waals surface area contributed by atoms with E-state index < -0.39 is 6.03 Å². The second kappa shape index (κ2) is 7.71. The van der Waals surface area contributed by atoms with Crippen LogP contribution in [0.25, 0.3) is 0 Å². The molecule has 7 nitrogen and oxygen atoms in total. The third kappa shape index (κ3) is 4.06. The Morgan fingerprint density at radius 2 is 1.78 bits per heavy atom. The highest BCUT2D eigenvalue weighted by Gasteiger charge is 2.16. The lowest BCUT2D eigenvalue weighted by atomic mass is 10.1. The molecule has 23 heavy (non-hydrogen) atoms. The van der Waals surface area contributed by atoms with Gasteiger partial charge in [-0.25, -0.2) is 4.79 Å². The fourth-order valence-corrected chi connectivity index (χ4v) is 2.52. The maximum atomic E-state index is 12.1. The maximum absolute atomic E-state index is 12.1. The van der Waals surface area contributed by atoms with Gasteiger partial charge in [-0.1, -0.05) is 0 Å². The van der Waals surface area contributed by atoms with Crippen molar-refractivity contribution in [1.82, 2.24) is 4.90 Å². The molecule has 1 aromatic carbocycles. The van der Waals surface area contributed by atoms with E-state index in [1.54, 1.807) is 12.1 Å². The first-order valence-corrected chi connectivity index (χ1v) is 7.48. The molecule has 0 atom stereocenters. The Labute approximate surface area is 136 Å². The molecule has 0 aliphatic carbocycles. The van der Waals surface area contributed by atoms with Crippen LogP contribution in [0, 0.1) is 0 Å². The number of likely N-dealkylation sites (tertiary alicyclic amines) is 1. The lowest BCUT2D eigenvalue weighted by Gasteiger charge is -2.25. The largest absolute Gasteiger partial charge is 0.493 e. The number of carbonyl (C=O) groups excluding carboxylic acids is 1. The van der Waals surface area contributed by atoms with Crippen molar-refractivity contribution in [2.24, 2.45) is 4.99 Å². The second-order valence-corrected chi connectivity index (χ2v) is 5.25. The summed E-state index contributed by atoms with van der Waals surface area (Å²) in [5.41, 5.74) is 0.535. The zero-order chi connectivity index (χ0) is 16.8. The highest BCUT2D eigenvalue weighted by atomic mass is 16.5. The molecule has 1 saturated heterocycles. The molecule has 1 N–H and O–H groups in total. The van der Waals surface area contributed by atoms with E-state index in [0.29, 0.717) is 22.9 Å². The van der Waals surface area contributed by atoms with Gasteiger partial charge in [0.25, 0.3) is 0 Å². The number of amidine groups is 1. The Morgan fingerprint density at radius 3 is 2.30 bits per heavy atom. The average Bonchev–Trinajstić information content (AvgIpc) is 2.55. The molecule has 1 fully saturated rings. The number of carbonyl (C=O) groups is 1. The average molecular weight is 321 g/mol. The normalized spacial score (nSPS) is 16.2. The first-order chi connectivity index (χ1) is 11.1. The van der Waals surface area contributed by atoms with Crippen LogP contribution in [0.4, 0.5) is 10.5 Å². The maximum Gasteiger partial charge on any atom is 0.347 e. The zero-order valence-electron chi connectivity index (χ0n) is 14.0. The molecular formula is C16H23N3O4. The number of piperidine rings is 1. The summed E-state index contributed by atoms with van der Waals surface area (Å²) < 4.78 is 15.8. The Morgan fingerprint density at radius 1 is 1.13 bits per heavy atom. The molecule has 0 aromatic heterocycles. The quantitative estimate of drug-likeness (QED) is 0.923. The smallest absolute Gasteiger partial charge is 0.347 e. The Hall–Kier alpha value is -2.44. The minimum absolute atomic E-state index is 0.414. The van der Waals surface area contributed by atoms with Gasteiger partial charge in [-0.15, -0.1) is 0 Å². The van der Waals surface area contributed by atoms with Crippen molar-refractivity contribution in [1.29, 1.82) is 0 Å². The molecule has 1 aromatic rings. The van der Waals surface area contributed by atoms with Gasteiger partial charge >= 0.3 is 6.03 Å². The van der Waals surface area contributed by atoms with Crippen LogP contribution in [0.2, 0.25) is 0 Å². The number of hydrogen-bond donors (Lipinski definition) is 1. The minimum atomic E-state index is -0.414. The highest BCUT2D eigenvalue weighted by molar-refractivity contribution is 6.00. The summed E-state index contributed by atoms with van der Waals surface area (Å²) in [7, 11) is 6.54. The van der Waals surface area contributed by atoms with Gasteiger partial charge in [0, 0.05) is 32.1 Å². The van der Waals surface area contributed by atoms with Crippen molar-refractivity contribution in [2.45, 2.75) is 19.3 Å². The van der Waals surface area contributed by atoms with Crippen LogP contribution in [0.1, 0.15) is 19.3 Å². The monoisotopic (exact) mass is 321 g/mol. The zero-order valence-corrected chi connectivity index (χ0v) is 14.0. The van der Waals surface area contributed by atoms with Gasteiger partial charge in [-0.3, -0.25) is 0 Å². The Kier molecular flexibility index (Phi) is 5.67. The lowest BCUT2D eigenvalue weighted by molar-refractivity contribution is 0.259. The summed E-state index contributed by atoms with van der Waals surface area (Å²) in [4.78, 5) is 18.3. The van der Waals surface area contributed by atoms with Gasteiger partial charge in [0.2, 0.25) is 5.75 Å². The Bertz CT molecular complexity index is 576. The molecule has 0 unspecified atom stereocenters. The van der Waals surface area contributed by atoms with E-state index in [-0.39, 0.29) is 0 Å². The van der Waals surface area contributed by atoms with E-state index in [1.165, 1.54) is 21.3 Å². The van der Waals surface area contributed by atoms with E-state index in [4.69, 9.17) is 14.2 Å². The number of nitrogens with one attached hydrogen (secondary N) is 1. The molecule has 1 aliphatic heterocycles. The standard InChI is InChI=1S/C16H23N3O4/c1-19-8-6-5-7-14(19)18-16(20)17-11-9-12(21-2)15(23-4)13(10-11)22-3/h9-10H,5-8H2,1-4H3,(H,17,20)/b18-14-. The molecule has 2 rings (SSSR count). The number of benzene rings is 1. The summed E-state index contributed by atoms with van der Waals surface area (Å²) in [6, 6.07) is 2.93. The number of nitrogens with zero attached hydrogens (tertiary/aromatic N) is 2. The fraction of sp³-hybridized carbons (Fsp3) is 0.500. The van der Waals surface area contributed by atoms with Crippen molar-refractivity contribution in [3.05, 3.63) is 12.1 Å². The van der Waals surface area contributed by atoms with Gasteiger partial charge in [0.05, 0.1) is 27.0 Å². The van der Waals surface area contributed by atoms with Crippen molar-refractivity contribution < 1.29 is 19.0 Å². The van der Waals surface area contributed by atoms with Crippen molar-refractivity contribution in [3.8, 4) is 17.2 Å². The Balaban J connectivity index is 2.19. The molecule has 0 radical (unpaired) electrons. The molecule has 2 amide bonds. The van der Waals surface area contributed by atoms with Crippen LogP contribution in [0.3, 0.4) is 0 Å². The summed E-state index contributed by atoms with van der Waals surface area (Å²) in [5, 5.41) is 2.74. The fourth-order valence-electron chi connectivity index (χ4n) is 2.52. The van der Waals surface area contributed by atoms with Crippen molar-refractivity contribution >= 4 is 17.6 Å². The SMILES string of the molecule is COc1cc(NC(=O)/N=C2/CCCCN2C)cc(OC)c1OC. The van der Waals surface area contributed by atoms with Crippen LogP contribution in [-0.4, -0.2) is 51.7 Å². The van der Waals surface area contributed by atoms with Crippen LogP contribution >= 0.6 is 0 Å². The number of anilines is 1. The van der Waals surface area contributed by atoms with Gasteiger partial charge in [0.15, 0.2) is 11.5 Å². The van der Waals surface area contributed by atoms with E-state index in [0.717, 1.165) is 31.6 Å². The summed E-state index contributed by atoms with van der Waals surface area (Å²) in [6.45, 7) is 0.927. The summed E-state index contributed by atoms with van der Waals surface area (Å²) in [6.07, 6.45) is 3.00. The van der Waals surface area contributed by atoms with Gasteiger partial charge in [0.1, 0.15) is 5.84 Å². The van der Waals surface area contributed by atoms with Crippen LogP contribution in [0.15, 0.2) is 17.1 Å². The summed E-state index contributed by atoms with van der Waals surface area (Å²) >= 11 is 0. The van der Waals surface area contributed by atoms with Crippen molar-refractivity contribution in [2.75, 3.05) is 40.2 Å². The number of aliphatic imine (C=N–C) groups is 1. The first-order valence-electron chi connectivity index (χ1n) is 7.48. The van der Waals surface area contributed by atoms with E-state index in [2.05, 4.69) is 10.3 Å². The highest BCUT2D eigenvalue weighted by Crippen LogP contribution is 2.39. The van der Waals surface area contributed by atoms with E-state index in [1.807, 2.05) is 11.9 Å². The van der Waals surface area contributed by atoms with Gasteiger partial charge in [-0.05, 0) is 12.8 Å². The van der Waals surface area contributed by atoms with Crippen molar-refractivity contribution in [3.63, 3.8) is 0 Å². The van der Waals surface area contributed by atoms with E-state index in [9.17, 15) is 4.79 Å². The predicted octanol–water partition coefficient (Wildman–Crippen LogP) is 2.76. The molecule has 1 aliphatic rings. The lowest BCUT2D eigenvalue weighted by Crippen LogP contribution is -2.32. The molecule has 0 spiro atoms. The molecule has 126 valence electrons. The van der Waals surface area contributed by atoms with Gasteiger partial charge < -0.3 is 24.4 Å². The van der Waals surface area contributed by atoms with Crippen LogP contribution in [0.5, 0.6) is 17.2 Å². The predicted molar refractivity (Wildman–Crippen MR) is 89.0 cm³/mol. The summed E-state index contributed by atoms with van der Waals surface area (Å²) in [5.74, 6) is 2.24. The molecular weight excluding hydrogens is 298 g/mol. The van der Waals surface area contributed by atoms with Crippen LogP contribution < -0.4 is 19.5 Å². The second-order valence-electron chi connectivity index (χ2n) is 5.25. The minimum Gasteiger partial charge on any atom is -0.493 e.